The average molecular weight is 523 g/mol. The largest absolute Gasteiger partial charge is 0.294 e. The zero-order chi connectivity index (χ0) is 25.8. The quantitative estimate of drug-likeness (QED) is 0.273. The van der Waals surface area contributed by atoms with Gasteiger partial charge in [-0.2, -0.15) is 0 Å². The van der Waals surface area contributed by atoms with E-state index in [1.54, 1.807) is 42.5 Å². The molecule has 0 saturated carbocycles. The van der Waals surface area contributed by atoms with Crippen molar-refractivity contribution in [2.24, 2.45) is 0 Å². The second-order valence-corrected chi connectivity index (χ2v) is 12.7. The molecular formula is C28H23FO5S2. The molecule has 0 aliphatic carbocycles. The predicted octanol–water partition coefficient (Wildman–Crippen LogP) is 5.46. The summed E-state index contributed by atoms with van der Waals surface area (Å²) in [5.41, 5.74) is 0.544. The Morgan fingerprint density at radius 3 is 1.47 bits per heavy atom. The SMILES string of the molecule is O=C(C[C@H](c1ccc(F)cc1)C(S(=O)(=O)c1ccccc1)S(=O)(=O)c1ccccc1)c1ccccc1. The van der Waals surface area contributed by atoms with Crippen molar-refractivity contribution in [2.75, 3.05) is 0 Å². The molecule has 0 unspecified atom stereocenters. The van der Waals surface area contributed by atoms with Crippen LogP contribution in [0.2, 0.25) is 0 Å². The van der Waals surface area contributed by atoms with Gasteiger partial charge in [0.15, 0.2) is 30.0 Å². The third kappa shape index (κ3) is 5.29. The van der Waals surface area contributed by atoms with Gasteiger partial charge >= 0.3 is 0 Å². The van der Waals surface area contributed by atoms with Crippen molar-refractivity contribution in [1.82, 2.24) is 0 Å². The number of Topliss-reactive ketones (excluding diaryl/α,β-unsaturated/α-hetero) is 1. The van der Waals surface area contributed by atoms with Gasteiger partial charge in [-0.25, -0.2) is 21.2 Å². The molecule has 184 valence electrons. The van der Waals surface area contributed by atoms with Gasteiger partial charge in [0.2, 0.25) is 0 Å². The number of ketones is 1. The van der Waals surface area contributed by atoms with Gasteiger partial charge in [0.05, 0.1) is 9.79 Å². The van der Waals surface area contributed by atoms with E-state index in [1.165, 1.54) is 60.7 Å². The van der Waals surface area contributed by atoms with E-state index in [-0.39, 0.29) is 15.4 Å². The van der Waals surface area contributed by atoms with Crippen molar-refractivity contribution in [1.29, 1.82) is 0 Å². The minimum Gasteiger partial charge on any atom is -0.294 e. The van der Waals surface area contributed by atoms with E-state index in [0.29, 0.717) is 5.56 Å². The number of sulfone groups is 2. The Morgan fingerprint density at radius 2 is 1.03 bits per heavy atom. The van der Waals surface area contributed by atoms with E-state index in [0.717, 1.165) is 12.1 Å². The molecule has 0 saturated heterocycles. The van der Waals surface area contributed by atoms with Crippen LogP contribution in [0.15, 0.2) is 125 Å². The van der Waals surface area contributed by atoms with Gasteiger partial charge in [-0.15, -0.1) is 0 Å². The molecule has 36 heavy (non-hydrogen) atoms. The lowest BCUT2D eigenvalue weighted by molar-refractivity contribution is 0.0975. The third-order valence-electron chi connectivity index (χ3n) is 5.88. The zero-order valence-corrected chi connectivity index (χ0v) is 20.7. The minimum absolute atomic E-state index is 0.186. The molecule has 4 aromatic carbocycles. The maximum Gasteiger partial charge on any atom is 0.196 e. The Kier molecular flexibility index (Phi) is 7.47. The number of halogens is 1. The molecule has 0 bridgehead atoms. The lowest BCUT2D eigenvalue weighted by atomic mass is 9.93. The molecule has 4 aromatic rings. The van der Waals surface area contributed by atoms with Gasteiger partial charge in [0, 0.05) is 17.9 Å². The number of carbonyl (C=O) groups is 1. The zero-order valence-electron chi connectivity index (χ0n) is 19.1. The summed E-state index contributed by atoms with van der Waals surface area (Å²) >= 11 is 0. The highest BCUT2D eigenvalue weighted by atomic mass is 32.3. The number of carbonyl (C=O) groups excluding carboxylic acids is 1. The fourth-order valence-corrected chi connectivity index (χ4v) is 9.09. The van der Waals surface area contributed by atoms with Crippen LogP contribution in [0.25, 0.3) is 0 Å². The molecule has 0 aliphatic rings. The summed E-state index contributed by atoms with van der Waals surface area (Å²) in [7, 11) is -9.05. The van der Waals surface area contributed by atoms with Crippen molar-refractivity contribution < 1.29 is 26.0 Å². The van der Waals surface area contributed by atoms with Crippen molar-refractivity contribution >= 4 is 25.5 Å². The van der Waals surface area contributed by atoms with Crippen LogP contribution in [0.4, 0.5) is 4.39 Å². The van der Waals surface area contributed by atoms with Crippen molar-refractivity contribution in [3.8, 4) is 0 Å². The number of hydrogen-bond donors (Lipinski definition) is 0. The van der Waals surface area contributed by atoms with Gasteiger partial charge in [-0.1, -0.05) is 78.9 Å². The standard InChI is InChI=1S/C28H23FO5S2/c29-23-18-16-21(17-19-23)26(20-27(30)22-10-4-1-5-11-22)28(35(31,32)24-12-6-2-7-13-24)36(33,34)25-14-8-3-9-15-25/h1-19,26,28H,20H2/t26-/m1/s1. The summed E-state index contributed by atoms with van der Waals surface area (Å²) in [5, 5.41) is 0. The maximum absolute atomic E-state index is 14.0. The molecule has 8 heteroatoms. The van der Waals surface area contributed by atoms with Crippen molar-refractivity contribution in [3.05, 3.63) is 132 Å². The molecule has 0 fully saturated rings. The van der Waals surface area contributed by atoms with E-state index in [4.69, 9.17) is 0 Å². The monoisotopic (exact) mass is 522 g/mol. The molecule has 0 heterocycles. The molecule has 0 radical (unpaired) electrons. The van der Waals surface area contributed by atoms with E-state index in [1.807, 2.05) is 0 Å². The topological polar surface area (TPSA) is 85.3 Å². The first-order valence-electron chi connectivity index (χ1n) is 11.1. The molecule has 0 N–H and O–H groups in total. The van der Waals surface area contributed by atoms with Gasteiger partial charge in [-0.05, 0) is 42.0 Å². The fourth-order valence-electron chi connectivity index (χ4n) is 4.11. The number of benzene rings is 4. The summed E-state index contributed by atoms with van der Waals surface area (Å²) in [6.45, 7) is 0. The molecule has 0 spiro atoms. The Balaban J connectivity index is 1.95. The van der Waals surface area contributed by atoms with E-state index >= 15 is 0 Å². The molecule has 4 rings (SSSR count). The normalized spacial score (nSPS) is 12.8. The summed E-state index contributed by atoms with van der Waals surface area (Å²) in [4.78, 5) is 12.9. The van der Waals surface area contributed by atoms with Crippen LogP contribution >= 0.6 is 0 Å². The first kappa shape index (κ1) is 25.5. The molecule has 0 aromatic heterocycles. The van der Waals surface area contributed by atoms with E-state index in [2.05, 4.69) is 0 Å². The Bertz CT molecular complexity index is 1470. The number of rotatable bonds is 9. The molecule has 5 nitrogen and oxygen atoms in total. The highest BCUT2D eigenvalue weighted by Gasteiger charge is 2.46. The second kappa shape index (κ2) is 10.6. The van der Waals surface area contributed by atoms with Gasteiger partial charge in [-0.3, -0.25) is 4.79 Å². The second-order valence-electron chi connectivity index (χ2n) is 8.24. The van der Waals surface area contributed by atoms with Crippen LogP contribution in [0.5, 0.6) is 0 Å². The average Bonchev–Trinajstić information content (AvgIpc) is 2.90. The van der Waals surface area contributed by atoms with E-state index < -0.39 is 48.2 Å². The first-order valence-corrected chi connectivity index (χ1v) is 14.2. The van der Waals surface area contributed by atoms with Gasteiger partial charge < -0.3 is 0 Å². The maximum atomic E-state index is 14.0. The van der Waals surface area contributed by atoms with Crippen LogP contribution in [0, 0.1) is 5.82 Å². The highest BCUT2D eigenvalue weighted by molar-refractivity contribution is 8.09. The van der Waals surface area contributed by atoms with Crippen LogP contribution in [-0.2, 0) is 19.7 Å². The third-order valence-corrected chi connectivity index (χ3v) is 11.1. The van der Waals surface area contributed by atoms with Crippen molar-refractivity contribution in [3.63, 3.8) is 0 Å². The van der Waals surface area contributed by atoms with Crippen molar-refractivity contribution in [2.45, 2.75) is 26.7 Å². The van der Waals surface area contributed by atoms with Crippen LogP contribution < -0.4 is 0 Å². The van der Waals surface area contributed by atoms with E-state index in [9.17, 15) is 26.0 Å². The summed E-state index contributed by atoms with van der Waals surface area (Å²) in [6, 6.07) is 27.7. The minimum atomic E-state index is -4.53. The first-order chi connectivity index (χ1) is 17.2. The smallest absolute Gasteiger partial charge is 0.196 e. The Hall–Kier alpha value is -3.62. The summed E-state index contributed by atoms with van der Waals surface area (Å²) < 4.78 is 67.7. The van der Waals surface area contributed by atoms with Crippen LogP contribution in [-0.4, -0.2) is 27.2 Å². The molecular weight excluding hydrogens is 499 g/mol. The predicted molar refractivity (Wildman–Crippen MR) is 136 cm³/mol. The van der Waals surface area contributed by atoms with Crippen LogP contribution in [0.1, 0.15) is 28.3 Å². The lowest BCUT2D eigenvalue weighted by Crippen LogP contribution is -2.37. The summed E-state index contributed by atoms with van der Waals surface area (Å²) in [6.07, 6.45) is -0.418. The highest BCUT2D eigenvalue weighted by Crippen LogP contribution is 2.38. The molecule has 1 atom stereocenters. The molecule has 0 amide bonds. The molecule has 0 aliphatic heterocycles. The Labute approximate surface area is 210 Å². The van der Waals surface area contributed by atoms with Crippen LogP contribution in [0.3, 0.4) is 0 Å². The van der Waals surface area contributed by atoms with Gasteiger partial charge in [0.25, 0.3) is 0 Å². The Morgan fingerprint density at radius 1 is 0.611 bits per heavy atom. The summed E-state index contributed by atoms with van der Waals surface area (Å²) in [5.74, 6) is -2.31. The lowest BCUT2D eigenvalue weighted by Gasteiger charge is -2.27. The fraction of sp³-hybridized carbons (Fsp3) is 0.107. The number of hydrogen-bond acceptors (Lipinski definition) is 5. The van der Waals surface area contributed by atoms with Gasteiger partial charge in [0.1, 0.15) is 5.82 Å².